The highest BCUT2D eigenvalue weighted by Gasteiger charge is 2.18. The summed E-state index contributed by atoms with van der Waals surface area (Å²) in [6, 6.07) is 0.852. The second-order valence-electron chi connectivity index (χ2n) is 5.27. The number of unbranched alkanes of at least 4 members (excludes halogenated alkanes) is 1. The lowest BCUT2D eigenvalue weighted by atomic mass is 9.94. The van der Waals surface area contributed by atoms with Crippen LogP contribution in [0.3, 0.4) is 0 Å². The van der Waals surface area contributed by atoms with E-state index in [1.807, 2.05) is 6.92 Å². The predicted molar refractivity (Wildman–Crippen MR) is 69.7 cm³/mol. The van der Waals surface area contributed by atoms with Crippen molar-refractivity contribution in [2.75, 3.05) is 13.1 Å². The Hall–Kier alpha value is -0.0800. The molecular formula is C14H29NO. The Bertz CT molecular complexity index is 164. The summed E-state index contributed by atoms with van der Waals surface area (Å²) in [5.74, 6) is 0. The van der Waals surface area contributed by atoms with Crippen LogP contribution in [-0.4, -0.2) is 35.2 Å². The van der Waals surface area contributed by atoms with Gasteiger partial charge in [0.2, 0.25) is 0 Å². The van der Waals surface area contributed by atoms with Gasteiger partial charge in [0, 0.05) is 6.04 Å². The van der Waals surface area contributed by atoms with Gasteiger partial charge >= 0.3 is 0 Å². The predicted octanol–water partition coefficient (Wildman–Crippen LogP) is 3.19. The molecule has 0 aromatic rings. The van der Waals surface area contributed by atoms with Gasteiger partial charge in [-0.05, 0) is 52.1 Å². The minimum Gasteiger partial charge on any atom is -0.393 e. The van der Waals surface area contributed by atoms with Crippen LogP contribution < -0.4 is 0 Å². The Kier molecular flexibility index (Phi) is 7.06. The van der Waals surface area contributed by atoms with Crippen molar-refractivity contribution in [3.05, 3.63) is 0 Å². The molecule has 2 nitrogen and oxygen atoms in total. The molecule has 0 aliphatic heterocycles. The van der Waals surface area contributed by atoms with Gasteiger partial charge in [0.25, 0.3) is 0 Å². The topological polar surface area (TPSA) is 23.5 Å². The Morgan fingerprint density at radius 2 is 1.88 bits per heavy atom. The van der Waals surface area contributed by atoms with E-state index in [1.165, 1.54) is 58.0 Å². The van der Waals surface area contributed by atoms with Crippen molar-refractivity contribution in [3.8, 4) is 0 Å². The molecule has 1 unspecified atom stereocenters. The van der Waals surface area contributed by atoms with Crippen LogP contribution in [0.2, 0.25) is 0 Å². The Balaban J connectivity index is 2.15. The summed E-state index contributed by atoms with van der Waals surface area (Å²) in [6.07, 6.45) is 10.4. The molecule has 0 aromatic carbocycles. The third-order valence-corrected chi connectivity index (χ3v) is 3.81. The fourth-order valence-electron chi connectivity index (χ4n) is 2.80. The van der Waals surface area contributed by atoms with Crippen LogP contribution in [-0.2, 0) is 0 Å². The molecule has 1 saturated carbocycles. The van der Waals surface area contributed by atoms with E-state index in [0.717, 1.165) is 12.5 Å². The number of hydrogen-bond acceptors (Lipinski definition) is 2. The lowest BCUT2D eigenvalue weighted by Crippen LogP contribution is -2.37. The van der Waals surface area contributed by atoms with Crippen LogP contribution in [0.1, 0.15) is 65.2 Å². The summed E-state index contributed by atoms with van der Waals surface area (Å²) in [5, 5.41) is 9.21. The Labute approximate surface area is 101 Å². The molecule has 2 heteroatoms. The molecule has 1 fully saturated rings. The first-order valence-electron chi connectivity index (χ1n) is 7.16. The third kappa shape index (κ3) is 5.31. The standard InChI is InChI=1S/C14H29NO/c1-3-15(12-8-7-9-13(2)16)14-10-5-4-6-11-14/h13-14,16H,3-12H2,1-2H3. The van der Waals surface area contributed by atoms with Crippen molar-refractivity contribution in [1.82, 2.24) is 4.90 Å². The minimum absolute atomic E-state index is 0.121. The van der Waals surface area contributed by atoms with Crippen LogP contribution in [0.25, 0.3) is 0 Å². The van der Waals surface area contributed by atoms with Gasteiger partial charge in [-0.25, -0.2) is 0 Å². The summed E-state index contributed by atoms with van der Waals surface area (Å²) in [5.41, 5.74) is 0. The molecule has 0 amide bonds. The SMILES string of the molecule is CCN(CCCCC(C)O)C1CCCCC1. The Morgan fingerprint density at radius 3 is 2.44 bits per heavy atom. The van der Waals surface area contributed by atoms with Crippen molar-refractivity contribution >= 4 is 0 Å². The highest BCUT2D eigenvalue weighted by Crippen LogP contribution is 2.22. The zero-order valence-corrected chi connectivity index (χ0v) is 11.1. The second kappa shape index (κ2) is 8.08. The maximum atomic E-state index is 9.21. The van der Waals surface area contributed by atoms with Gasteiger partial charge in [0.1, 0.15) is 0 Å². The minimum atomic E-state index is -0.121. The number of aliphatic hydroxyl groups excluding tert-OH is 1. The fraction of sp³-hybridized carbons (Fsp3) is 1.00. The molecule has 1 rings (SSSR count). The maximum Gasteiger partial charge on any atom is 0.0512 e. The highest BCUT2D eigenvalue weighted by atomic mass is 16.3. The summed E-state index contributed by atoms with van der Waals surface area (Å²) in [4.78, 5) is 2.65. The second-order valence-corrected chi connectivity index (χ2v) is 5.27. The van der Waals surface area contributed by atoms with Gasteiger partial charge in [0.15, 0.2) is 0 Å². The Morgan fingerprint density at radius 1 is 1.19 bits per heavy atom. The van der Waals surface area contributed by atoms with Gasteiger partial charge in [0.05, 0.1) is 6.10 Å². The molecule has 1 aliphatic carbocycles. The zero-order chi connectivity index (χ0) is 11.8. The molecule has 1 atom stereocenters. The van der Waals surface area contributed by atoms with E-state index in [4.69, 9.17) is 0 Å². The average Bonchev–Trinajstić information content (AvgIpc) is 2.30. The van der Waals surface area contributed by atoms with Crippen LogP contribution in [0, 0.1) is 0 Å². The summed E-state index contributed by atoms with van der Waals surface area (Å²) < 4.78 is 0. The quantitative estimate of drug-likeness (QED) is 0.675. The normalized spacial score (nSPS) is 20.2. The number of rotatable bonds is 7. The monoisotopic (exact) mass is 227 g/mol. The first-order chi connectivity index (χ1) is 7.74. The van der Waals surface area contributed by atoms with E-state index in [1.54, 1.807) is 0 Å². The van der Waals surface area contributed by atoms with Gasteiger partial charge in [-0.1, -0.05) is 26.2 Å². The first-order valence-corrected chi connectivity index (χ1v) is 7.16. The number of hydrogen-bond donors (Lipinski definition) is 1. The summed E-state index contributed by atoms with van der Waals surface area (Å²) >= 11 is 0. The van der Waals surface area contributed by atoms with Gasteiger partial charge < -0.3 is 10.0 Å². The largest absolute Gasteiger partial charge is 0.393 e. The summed E-state index contributed by atoms with van der Waals surface area (Å²) in [6.45, 7) is 6.59. The van der Waals surface area contributed by atoms with Crippen molar-refractivity contribution in [3.63, 3.8) is 0 Å². The van der Waals surface area contributed by atoms with Gasteiger partial charge in [-0.15, -0.1) is 0 Å². The zero-order valence-electron chi connectivity index (χ0n) is 11.1. The average molecular weight is 227 g/mol. The van der Waals surface area contributed by atoms with Gasteiger partial charge in [-0.3, -0.25) is 0 Å². The molecule has 1 N–H and O–H groups in total. The molecule has 1 aliphatic rings. The molecule has 96 valence electrons. The molecule has 0 saturated heterocycles. The van der Waals surface area contributed by atoms with Crippen LogP contribution in [0.4, 0.5) is 0 Å². The lowest BCUT2D eigenvalue weighted by Gasteiger charge is -2.33. The van der Waals surface area contributed by atoms with Crippen molar-refractivity contribution in [2.45, 2.75) is 77.4 Å². The summed E-state index contributed by atoms with van der Waals surface area (Å²) in [7, 11) is 0. The van der Waals surface area contributed by atoms with E-state index in [9.17, 15) is 5.11 Å². The van der Waals surface area contributed by atoms with E-state index in [-0.39, 0.29) is 6.10 Å². The molecule has 0 aromatic heterocycles. The molecule has 0 spiro atoms. The van der Waals surface area contributed by atoms with Crippen LogP contribution in [0.5, 0.6) is 0 Å². The van der Waals surface area contributed by atoms with Crippen LogP contribution >= 0.6 is 0 Å². The number of nitrogens with zero attached hydrogens (tertiary/aromatic N) is 1. The molecular weight excluding hydrogens is 198 g/mol. The van der Waals surface area contributed by atoms with E-state index in [2.05, 4.69) is 11.8 Å². The van der Waals surface area contributed by atoms with E-state index < -0.39 is 0 Å². The van der Waals surface area contributed by atoms with Crippen molar-refractivity contribution < 1.29 is 5.11 Å². The molecule has 0 radical (unpaired) electrons. The van der Waals surface area contributed by atoms with Crippen molar-refractivity contribution in [1.29, 1.82) is 0 Å². The molecule has 16 heavy (non-hydrogen) atoms. The number of aliphatic hydroxyl groups is 1. The van der Waals surface area contributed by atoms with Crippen molar-refractivity contribution in [2.24, 2.45) is 0 Å². The highest BCUT2D eigenvalue weighted by molar-refractivity contribution is 4.75. The smallest absolute Gasteiger partial charge is 0.0512 e. The van der Waals surface area contributed by atoms with Gasteiger partial charge in [-0.2, -0.15) is 0 Å². The maximum absolute atomic E-state index is 9.21. The first kappa shape index (κ1) is 14.0. The third-order valence-electron chi connectivity index (χ3n) is 3.81. The van der Waals surface area contributed by atoms with E-state index >= 15 is 0 Å². The fourth-order valence-corrected chi connectivity index (χ4v) is 2.80. The molecule has 0 bridgehead atoms. The molecule has 0 heterocycles. The lowest BCUT2D eigenvalue weighted by molar-refractivity contribution is 0.151. The van der Waals surface area contributed by atoms with E-state index in [0.29, 0.717) is 0 Å². The van der Waals surface area contributed by atoms with Crippen LogP contribution in [0.15, 0.2) is 0 Å².